The summed E-state index contributed by atoms with van der Waals surface area (Å²) in [6, 6.07) is 17.5. The fraction of sp³-hybridized carbons (Fsp3) is 0.211. The van der Waals surface area contributed by atoms with Crippen molar-refractivity contribution in [3.8, 4) is 0 Å². The number of rotatable bonds is 5. The Kier molecular flexibility index (Phi) is 4.70. The molecule has 0 saturated carbocycles. The average Bonchev–Trinajstić information content (AvgIpc) is 2.89. The zero-order valence-corrected chi connectivity index (χ0v) is 13.2. The van der Waals surface area contributed by atoms with Crippen molar-refractivity contribution in [2.45, 2.75) is 19.3 Å². The number of hydrogen-bond acceptors (Lipinski definition) is 3. The lowest BCUT2D eigenvalue weighted by Crippen LogP contribution is -2.37. The van der Waals surface area contributed by atoms with Crippen molar-refractivity contribution >= 4 is 23.4 Å². The Morgan fingerprint density at radius 2 is 1.54 bits per heavy atom. The van der Waals surface area contributed by atoms with E-state index in [-0.39, 0.29) is 37.1 Å². The zero-order valence-electron chi connectivity index (χ0n) is 13.2. The van der Waals surface area contributed by atoms with Gasteiger partial charge < -0.3 is 5.32 Å². The standard InChI is InChI=1S/C19H18N2O3/c22-17(13-21-18(23)10-11-19(21)24)20-16-9-5-4-8-15(16)12-14-6-2-1-3-7-14/h1-9H,10-13H2,(H,20,22). The maximum Gasteiger partial charge on any atom is 0.244 e. The summed E-state index contributed by atoms with van der Waals surface area (Å²) in [6.07, 6.45) is 1.08. The highest BCUT2D eigenvalue weighted by Crippen LogP contribution is 2.19. The summed E-state index contributed by atoms with van der Waals surface area (Å²) in [5.41, 5.74) is 2.82. The monoisotopic (exact) mass is 322 g/mol. The van der Waals surface area contributed by atoms with Crippen LogP contribution in [0.1, 0.15) is 24.0 Å². The first kappa shape index (κ1) is 15.9. The molecule has 2 aromatic rings. The van der Waals surface area contributed by atoms with Gasteiger partial charge in [0.2, 0.25) is 17.7 Å². The van der Waals surface area contributed by atoms with Crippen molar-refractivity contribution in [3.63, 3.8) is 0 Å². The van der Waals surface area contributed by atoms with Crippen LogP contribution in [0.4, 0.5) is 5.69 Å². The van der Waals surface area contributed by atoms with Gasteiger partial charge in [-0.2, -0.15) is 0 Å². The molecule has 0 unspecified atom stereocenters. The summed E-state index contributed by atoms with van der Waals surface area (Å²) in [5, 5.41) is 2.81. The van der Waals surface area contributed by atoms with Gasteiger partial charge in [0.25, 0.3) is 0 Å². The fourth-order valence-electron chi connectivity index (χ4n) is 2.74. The van der Waals surface area contributed by atoms with E-state index >= 15 is 0 Å². The molecule has 2 aromatic carbocycles. The molecule has 3 rings (SSSR count). The molecule has 3 amide bonds. The smallest absolute Gasteiger partial charge is 0.244 e. The molecule has 5 nitrogen and oxygen atoms in total. The van der Waals surface area contributed by atoms with Crippen LogP contribution in [0.25, 0.3) is 0 Å². The minimum atomic E-state index is -0.362. The SMILES string of the molecule is O=C(CN1C(=O)CCC1=O)Nc1ccccc1Cc1ccccc1. The Morgan fingerprint density at radius 3 is 2.25 bits per heavy atom. The van der Waals surface area contributed by atoms with Gasteiger partial charge in [0.1, 0.15) is 6.54 Å². The van der Waals surface area contributed by atoms with Crippen molar-refractivity contribution in [2.24, 2.45) is 0 Å². The third-order valence-corrected chi connectivity index (χ3v) is 3.99. The van der Waals surface area contributed by atoms with Gasteiger partial charge in [0.05, 0.1) is 0 Å². The zero-order chi connectivity index (χ0) is 16.9. The number of amides is 3. The molecule has 122 valence electrons. The van der Waals surface area contributed by atoms with E-state index in [1.807, 2.05) is 54.6 Å². The Balaban J connectivity index is 1.70. The van der Waals surface area contributed by atoms with Gasteiger partial charge in [-0.15, -0.1) is 0 Å². The third-order valence-electron chi connectivity index (χ3n) is 3.99. The van der Waals surface area contributed by atoms with E-state index in [4.69, 9.17) is 0 Å². The maximum atomic E-state index is 12.2. The molecule has 0 aromatic heterocycles. The van der Waals surface area contributed by atoms with E-state index in [2.05, 4.69) is 5.32 Å². The Morgan fingerprint density at radius 1 is 0.917 bits per heavy atom. The van der Waals surface area contributed by atoms with Crippen LogP contribution in [0.2, 0.25) is 0 Å². The lowest BCUT2D eigenvalue weighted by atomic mass is 10.0. The molecule has 5 heteroatoms. The van der Waals surface area contributed by atoms with Gasteiger partial charge >= 0.3 is 0 Å². The molecule has 0 aliphatic carbocycles. The predicted octanol–water partition coefficient (Wildman–Crippen LogP) is 2.36. The molecule has 0 atom stereocenters. The molecule has 0 bridgehead atoms. The van der Waals surface area contributed by atoms with Crippen LogP contribution in [0.5, 0.6) is 0 Å². The topological polar surface area (TPSA) is 66.5 Å². The molecule has 1 aliphatic rings. The first-order valence-electron chi connectivity index (χ1n) is 7.88. The Bertz CT molecular complexity index is 755. The number of hydrogen-bond donors (Lipinski definition) is 1. The van der Waals surface area contributed by atoms with Gasteiger partial charge in [-0.05, 0) is 23.6 Å². The quantitative estimate of drug-likeness (QED) is 0.859. The lowest BCUT2D eigenvalue weighted by Gasteiger charge is -2.15. The number of imide groups is 1. The predicted molar refractivity (Wildman–Crippen MR) is 90.3 cm³/mol. The van der Waals surface area contributed by atoms with Crippen molar-refractivity contribution in [1.29, 1.82) is 0 Å². The van der Waals surface area contributed by atoms with Gasteiger partial charge in [-0.25, -0.2) is 0 Å². The van der Waals surface area contributed by atoms with Crippen LogP contribution in [0.3, 0.4) is 0 Å². The summed E-state index contributed by atoms with van der Waals surface area (Å²) in [6.45, 7) is -0.225. The lowest BCUT2D eigenvalue weighted by molar-refractivity contribution is -0.141. The van der Waals surface area contributed by atoms with Crippen LogP contribution in [-0.4, -0.2) is 29.2 Å². The second kappa shape index (κ2) is 7.08. The normalized spacial score (nSPS) is 14.1. The largest absolute Gasteiger partial charge is 0.324 e. The summed E-state index contributed by atoms with van der Waals surface area (Å²) >= 11 is 0. The number of carbonyl (C=O) groups is 3. The fourth-order valence-corrected chi connectivity index (χ4v) is 2.74. The number of nitrogens with one attached hydrogen (secondary N) is 1. The number of carbonyl (C=O) groups excluding carboxylic acids is 3. The summed E-state index contributed by atoms with van der Waals surface area (Å²) < 4.78 is 0. The molecule has 0 spiro atoms. The van der Waals surface area contributed by atoms with Crippen molar-refractivity contribution < 1.29 is 14.4 Å². The maximum absolute atomic E-state index is 12.2. The van der Waals surface area contributed by atoms with Crippen LogP contribution >= 0.6 is 0 Å². The first-order chi connectivity index (χ1) is 11.6. The second-order valence-corrected chi connectivity index (χ2v) is 5.74. The number of nitrogens with zero attached hydrogens (tertiary/aromatic N) is 1. The van der Waals surface area contributed by atoms with Crippen molar-refractivity contribution in [2.75, 3.05) is 11.9 Å². The van der Waals surface area contributed by atoms with Gasteiger partial charge in [-0.3, -0.25) is 19.3 Å². The number of benzene rings is 2. The minimum Gasteiger partial charge on any atom is -0.324 e. The van der Waals surface area contributed by atoms with E-state index in [0.29, 0.717) is 12.1 Å². The highest BCUT2D eigenvalue weighted by molar-refractivity contribution is 6.06. The second-order valence-electron chi connectivity index (χ2n) is 5.74. The van der Waals surface area contributed by atoms with Crippen LogP contribution in [-0.2, 0) is 20.8 Å². The Labute approximate surface area is 140 Å². The number of likely N-dealkylation sites (tertiary alicyclic amines) is 1. The van der Waals surface area contributed by atoms with E-state index in [0.717, 1.165) is 16.0 Å². The van der Waals surface area contributed by atoms with Crippen LogP contribution in [0.15, 0.2) is 54.6 Å². The van der Waals surface area contributed by atoms with Gasteiger partial charge in [0.15, 0.2) is 0 Å². The number of para-hydroxylation sites is 1. The highest BCUT2D eigenvalue weighted by atomic mass is 16.2. The van der Waals surface area contributed by atoms with Gasteiger partial charge in [0, 0.05) is 18.5 Å². The number of anilines is 1. The average molecular weight is 322 g/mol. The van der Waals surface area contributed by atoms with E-state index in [1.165, 1.54) is 0 Å². The summed E-state index contributed by atoms with van der Waals surface area (Å²) in [4.78, 5) is 36.4. The summed E-state index contributed by atoms with van der Waals surface area (Å²) in [5.74, 6) is -0.931. The molecule has 1 heterocycles. The van der Waals surface area contributed by atoms with E-state index < -0.39 is 0 Å². The van der Waals surface area contributed by atoms with Crippen molar-refractivity contribution in [1.82, 2.24) is 4.90 Å². The molecular weight excluding hydrogens is 304 g/mol. The summed E-state index contributed by atoms with van der Waals surface area (Å²) in [7, 11) is 0. The van der Waals surface area contributed by atoms with Crippen molar-refractivity contribution in [3.05, 3.63) is 65.7 Å². The molecule has 1 saturated heterocycles. The molecule has 1 N–H and O–H groups in total. The molecule has 0 radical (unpaired) electrons. The van der Waals surface area contributed by atoms with Crippen LogP contribution in [0, 0.1) is 0 Å². The Hall–Kier alpha value is -2.95. The van der Waals surface area contributed by atoms with Crippen LogP contribution < -0.4 is 5.32 Å². The van der Waals surface area contributed by atoms with E-state index in [9.17, 15) is 14.4 Å². The van der Waals surface area contributed by atoms with Gasteiger partial charge in [-0.1, -0.05) is 48.5 Å². The highest BCUT2D eigenvalue weighted by Gasteiger charge is 2.30. The molecule has 1 fully saturated rings. The first-order valence-corrected chi connectivity index (χ1v) is 7.88. The molecule has 1 aliphatic heterocycles. The van der Waals surface area contributed by atoms with E-state index in [1.54, 1.807) is 0 Å². The molecular formula is C19H18N2O3. The third kappa shape index (κ3) is 3.68. The molecule has 24 heavy (non-hydrogen) atoms. The minimum absolute atomic E-state index is 0.191.